The average Bonchev–Trinajstić information content (AvgIpc) is 3.11. The van der Waals surface area contributed by atoms with Crippen LogP contribution >= 0.6 is 11.8 Å². The van der Waals surface area contributed by atoms with Crippen molar-refractivity contribution in [2.24, 2.45) is 0 Å². The summed E-state index contributed by atoms with van der Waals surface area (Å²) in [7, 11) is 0. The van der Waals surface area contributed by atoms with Crippen LogP contribution in [-0.4, -0.2) is 28.3 Å². The monoisotopic (exact) mass is 342 g/mol. The van der Waals surface area contributed by atoms with E-state index in [4.69, 9.17) is 4.74 Å². The Hall–Kier alpha value is -2.01. The molecule has 0 bridgehead atoms. The third kappa shape index (κ3) is 4.09. The Bertz CT molecular complexity index is 661. The fraction of sp³-hybridized carbons (Fsp3) is 0.368. The van der Waals surface area contributed by atoms with Crippen molar-refractivity contribution in [1.82, 2.24) is 9.88 Å². The van der Waals surface area contributed by atoms with Gasteiger partial charge in [0, 0.05) is 12.7 Å². The van der Waals surface area contributed by atoms with Crippen LogP contribution in [0.25, 0.3) is 0 Å². The van der Waals surface area contributed by atoms with Crippen LogP contribution < -0.4 is 0 Å². The highest BCUT2D eigenvalue weighted by molar-refractivity contribution is 7.99. The number of hydrogen-bond donors (Lipinski definition) is 0. The molecule has 5 heteroatoms. The quantitative estimate of drug-likeness (QED) is 0.741. The van der Waals surface area contributed by atoms with Gasteiger partial charge < -0.3 is 9.64 Å². The van der Waals surface area contributed by atoms with E-state index in [9.17, 15) is 4.79 Å². The maximum Gasteiger partial charge on any atom is 0.410 e. The molecule has 2 aromatic rings. The summed E-state index contributed by atoms with van der Waals surface area (Å²) in [6.07, 6.45) is 3.61. The van der Waals surface area contributed by atoms with E-state index in [1.54, 1.807) is 11.8 Å². The molecule has 1 aromatic carbocycles. The van der Waals surface area contributed by atoms with Crippen molar-refractivity contribution in [1.29, 1.82) is 0 Å². The number of hydrogen-bond acceptors (Lipinski definition) is 4. The number of nitrogens with zero attached hydrogens (tertiary/aromatic N) is 2. The van der Waals surface area contributed by atoms with Crippen LogP contribution in [0, 0.1) is 0 Å². The van der Waals surface area contributed by atoms with Gasteiger partial charge in [0.2, 0.25) is 0 Å². The number of benzene rings is 1. The van der Waals surface area contributed by atoms with Gasteiger partial charge in [-0.3, -0.25) is 0 Å². The molecule has 126 valence electrons. The molecular formula is C19H22N2O2S. The van der Waals surface area contributed by atoms with Crippen molar-refractivity contribution < 1.29 is 9.53 Å². The lowest BCUT2D eigenvalue weighted by atomic mass is 10.1. The van der Waals surface area contributed by atoms with E-state index in [2.05, 4.69) is 18.0 Å². The van der Waals surface area contributed by atoms with E-state index in [0.717, 1.165) is 41.3 Å². The van der Waals surface area contributed by atoms with Gasteiger partial charge in [-0.15, -0.1) is 11.8 Å². The van der Waals surface area contributed by atoms with E-state index in [0.29, 0.717) is 6.61 Å². The fourth-order valence-electron chi connectivity index (χ4n) is 2.96. The second-order valence-electron chi connectivity index (χ2n) is 5.75. The molecular weight excluding hydrogens is 320 g/mol. The summed E-state index contributed by atoms with van der Waals surface area (Å²) in [5.41, 5.74) is 2.09. The lowest BCUT2D eigenvalue weighted by Gasteiger charge is -2.24. The van der Waals surface area contributed by atoms with E-state index in [1.165, 1.54) is 0 Å². The molecule has 1 saturated heterocycles. The number of carbonyl (C=O) groups is 1. The molecule has 0 radical (unpaired) electrons. The molecule has 0 aliphatic carbocycles. The van der Waals surface area contributed by atoms with Gasteiger partial charge in [-0.1, -0.05) is 43.3 Å². The molecule has 1 unspecified atom stereocenters. The summed E-state index contributed by atoms with van der Waals surface area (Å²) < 4.78 is 5.49. The van der Waals surface area contributed by atoms with Gasteiger partial charge in [0.25, 0.3) is 0 Å². The number of pyridine rings is 1. The summed E-state index contributed by atoms with van der Waals surface area (Å²) in [5.74, 6) is 1.01. The molecule has 3 rings (SSSR count). The van der Waals surface area contributed by atoms with Gasteiger partial charge in [-0.25, -0.2) is 9.78 Å². The molecule has 1 aliphatic rings. The van der Waals surface area contributed by atoms with Crippen LogP contribution in [0.3, 0.4) is 0 Å². The van der Waals surface area contributed by atoms with Crippen molar-refractivity contribution in [2.45, 2.75) is 37.4 Å². The highest BCUT2D eigenvalue weighted by atomic mass is 32.2. The van der Waals surface area contributed by atoms with E-state index in [-0.39, 0.29) is 12.1 Å². The zero-order valence-corrected chi connectivity index (χ0v) is 14.7. The molecule has 1 aliphatic heterocycles. The Kier molecular flexibility index (Phi) is 5.75. The zero-order valence-electron chi connectivity index (χ0n) is 13.9. The third-order valence-electron chi connectivity index (χ3n) is 4.13. The Morgan fingerprint density at radius 3 is 2.83 bits per heavy atom. The van der Waals surface area contributed by atoms with Gasteiger partial charge in [0.05, 0.1) is 11.1 Å². The van der Waals surface area contributed by atoms with Gasteiger partial charge in [-0.2, -0.15) is 0 Å². The Morgan fingerprint density at radius 1 is 1.29 bits per heavy atom. The van der Waals surface area contributed by atoms with Gasteiger partial charge >= 0.3 is 6.09 Å². The Balaban J connectivity index is 1.63. The number of ether oxygens (including phenoxy) is 1. The minimum absolute atomic E-state index is 0.0708. The van der Waals surface area contributed by atoms with Gasteiger partial charge in [-0.05, 0) is 35.8 Å². The molecule has 1 fully saturated rings. The van der Waals surface area contributed by atoms with Crippen molar-refractivity contribution >= 4 is 17.9 Å². The number of rotatable bonds is 5. The average molecular weight is 342 g/mol. The largest absolute Gasteiger partial charge is 0.445 e. The predicted molar refractivity (Wildman–Crippen MR) is 95.9 cm³/mol. The summed E-state index contributed by atoms with van der Waals surface area (Å²) in [6.45, 7) is 3.17. The number of thioether (sulfide) groups is 1. The van der Waals surface area contributed by atoms with E-state index >= 15 is 0 Å². The number of amides is 1. The molecule has 24 heavy (non-hydrogen) atoms. The molecule has 1 aromatic heterocycles. The molecule has 1 atom stereocenters. The smallest absolute Gasteiger partial charge is 0.410 e. The number of likely N-dealkylation sites (tertiary alicyclic amines) is 1. The van der Waals surface area contributed by atoms with Gasteiger partial charge in [0.15, 0.2) is 0 Å². The lowest BCUT2D eigenvalue weighted by molar-refractivity contribution is 0.0920. The SMILES string of the molecule is CCSc1ccc(C2CCCN2C(=O)OCc2ccccc2)cn1. The normalized spacial score (nSPS) is 17.0. The highest BCUT2D eigenvalue weighted by Crippen LogP contribution is 2.32. The lowest BCUT2D eigenvalue weighted by Crippen LogP contribution is -2.31. The maximum atomic E-state index is 12.5. The second-order valence-corrected chi connectivity index (χ2v) is 7.04. The summed E-state index contributed by atoms with van der Waals surface area (Å²) in [4.78, 5) is 18.8. The highest BCUT2D eigenvalue weighted by Gasteiger charge is 2.31. The first kappa shape index (κ1) is 16.8. The Morgan fingerprint density at radius 2 is 2.12 bits per heavy atom. The van der Waals surface area contributed by atoms with Gasteiger partial charge in [0.1, 0.15) is 6.61 Å². The summed E-state index contributed by atoms with van der Waals surface area (Å²) >= 11 is 1.72. The summed E-state index contributed by atoms with van der Waals surface area (Å²) in [6, 6.07) is 14.0. The predicted octanol–water partition coefficient (Wildman–Crippen LogP) is 4.67. The van der Waals surface area contributed by atoms with Crippen molar-refractivity contribution in [3.05, 3.63) is 59.8 Å². The van der Waals surface area contributed by atoms with Crippen LogP contribution in [0.5, 0.6) is 0 Å². The van der Waals surface area contributed by atoms with Crippen LogP contribution in [0.15, 0.2) is 53.7 Å². The standard InChI is InChI=1S/C19H22N2O2S/c1-2-24-18-11-10-16(13-20-18)17-9-6-12-21(17)19(22)23-14-15-7-4-3-5-8-15/h3-5,7-8,10-11,13,17H,2,6,9,12,14H2,1H3. The minimum Gasteiger partial charge on any atom is -0.445 e. The number of aromatic nitrogens is 1. The fourth-order valence-corrected chi connectivity index (χ4v) is 3.54. The second kappa shape index (κ2) is 8.20. The van der Waals surface area contributed by atoms with Crippen LogP contribution in [0.4, 0.5) is 4.79 Å². The molecule has 0 spiro atoms. The van der Waals surface area contributed by atoms with Crippen LogP contribution in [0.1, 0.15) is 36.9 Å². The molecule has 0 N–H and O–H groups in total. The first-order valence-electron chi connectivity index (χ1n) is 8.34. The first-order chi connectivity index (χ1) is 11.8. The first-order valence-corrected chi connectivity index (χ1v) is 9.32. The number of carbonyl (C=O) groups excluding carboxylic acids is 1. The zero-order chi connectivity index (χ0) is 16.8. The molecule has 1 amide bonds. The maximum absolute atomic E-state index is 12.5. The van der Waals surface area contributed by atoms with Crippen molar-refractivity contribution in [2.75, 3.05) is 12.3 Å². The topological polar surface area (TPSA) is 42.4 Å². The van der Waals surface area contributed by atoms with Crippen LogP contribution in [-0.2, 0) is 11.3 Å². The molecule has 2 heterocycles. The minimum atomic E-state index is -0.242. The van der Waals surface area contributed by atoms with E-state index < -0.39 is 0 Å². The Labute approximate surface area is 147 Å². The third-order valence-corrected chi connectivity index (χ3v) is 4.95. The van der Waals surface area contributed by atoms with Crippen LogP contribution in [0.2, 0.25) is 0 Å². The molecule has 4 nitrogen and oxygen atoms in total. The van der Waals surface area contributed by atoms with E-state index in [1.807, 2.05) is 47.5 Å². The molecule has 0 saturated carbocycles. The summed E-state index contributed by atoms with van der Waals surface area (Å²) in [5, 5.41) is 1.03. The van der Waals surface area contributed by atoms with Crippen molar-refractivity contribution in [3.63, 3.8) is 0 Å². The van der Waals surface area contributed by atoms with Crippen molar-refractivity contribution in [3.8, 4) is 0 Å².